The summed E-state index contributed by atoms with van der Waals surface area (Å²) in [5, 5.41) is 7.68. The third-order valence-corrected chi connectivity index (χ3v) is 5.27. The Hall–Kier alpha value is -1.99. The summed E-state index contributed by atoms with van der Waals surface area (Å²) in [5.41, 5.74) is 3.76. The largest absolute Gasteiger partial charge is 0.378 e. The van der Waals surface area contributed by atoms with Gasteiger partial charge >= 0.3 is 0 Å². The van der Waals surface area contributed by atoms with Crippen molar-refractivity contribution in [2.75, 3.05) is 26.3 Å². The first-order valence-electron chi connectivity index (χ1n) is 9.01. The van der Waals surface area contributed by atoms with E-state index in [9.17, 15) is 4.79 Å². The topological polar surface area (TPSA) is 71.8 Å². The van der Waals surface area contributed by atoms with Crippen molar-refractivity contribution in [2.24, 2.45) is 0 Å². The quantitative estimate of drug-likeness (QED) is 0.908. The molecule has 0 bridgehead atoms. The van der Waals surface area contributed by atoms with Crippen LogP contribution in [0.15, 0.2) is 6.07 Å². The van der Waals surface area contributed by atoms with Crippen LogP contribution in [0.3, 0.4) is 0 Å². The Morgan fingerprint density at radius 2 is 2.00 bits per heavy atom. The van der Waals surface area contributed by atoms with E-state index in [1.165, 1.54) is 12.8 Å². The molecule has 7 heteroatoms. The van der Waals surface area contributed by atoms with Crippen LogP contribution >= 0.6 is 0 Å². The fourth-order valence-corrected chi connectivity index (χ4v) is 4.05. The van der Waals surface area contributed by atoms with E-state index in [0.717, 1.165) is 24.5 Å². The molecule has 7 nitrogen and oxygen atoms in total. The molecule has 0 unspecified atom stereocenters. The van der Waals surface area contributed by atoms with Gasteiger partial charge in [-0.15, -0.1) is 0 Å². The van der Waals surface area contributed by atoms with Crippen molar-refractivity contribution in [2.45, 2.75) is 45.7 Å². The summed E-state index contributed by atoms with van der Waals surface area (Å²) >= 11 is 0. The summed E-state index contributed by atoms with van der Waals surface area (Å²) < 4.78 is 7.41. The Bertz CT molecular complexity index is 809. The molecule has 4 heterocycles. The molecule has 2 aromatic heterocycles. The molecule has 2 aromatic rings. The molecule has 2 fully saturated rings. The smallest absolute Gasteiger partial charge is 0.257 e. The van der Waals surface area contributed by atoms with Gasteiger partial charge in [0.05, 0.1) is 31.0 Å². The molecule has 4 rings (SSSR count). The molecular formula is C18H25N5O2. The zero-order valence-electron chi connectivity index (χ0n) is 15.1. The van der Waals surface area contributed by atoms with Gasteiger partial charge in [-0.1, -0.05) is 0 Å². The Labute approximate surface area is 147 Å². The molecule has 2 aliphatic heterocycles. The average Bonchev–Trinajstić information content (AvgIpc) is 3.25. The van der Waals surface area contributed by atoms with Crippen LogP contribution in [-0.4, -0.2) is 63.8 Å². The predicted octanol–water partition coefficient (Wildman–Crippen LogP) is 1.25. The SMILES string of the molecule is Cc1cc(C)n2nc(C)c(C(=O)N[C@H]3COC[C@@H]3N3CCCC3)c2n1. The number of aromatic nitrogens is 3. The summed E-state index contributed by atoms with van der Waals surface area (Å²) in [6.45, 7) is 9.22. The standard InChI is InChI=1S/C18H25N5O2/c1-11-8-12(2)23-17(19-11)16(13(3)21-23)18(24)20-14-9-25-10-15(14)22-6-4-5-7-22/h8,14-15H,4-7,9-10H2,1-3H3,(H,20,24)/t14-,15-/m0/s1. The average molecular weight is 343 g/mol. The van der Waals surface area contributed by atoms with Gasteiger partial charge in [0, 0.05) is 11.4 Å². The van der Waals surface area contributed by atoms with Crippen molar-refractivity contribution in [1.29, 1.82) is 0 Å². The fraction of sp³-hybridized carbons (Fsp3) is 0.611. The number of fused-ring (bicyclic) bond motifs is 1. The molecule has 1 amide bonds. The monoisotopic (exact) mass is 343 g/mol. The lowest BCUT2D eigenvalue weighted by molar-refractivity contribution is 0.0917. The van der Waals surface area contributed by atoms with E-state index in [0.29, 0.717) is 30.1 Å². The van der Waals surface area contributed by atoms with Gasteiger partial charge in [0.15, 0.2) is 5.65 Å². The lowest BCUT2D eigenvalue weighted by atomic mass is 10.1. The number of carbonyl (C=O) groups excluding carboxylic acids is 1. The molecule has 2 aliphatic rings. The Morgan fingerprint density at radius 3 is 2.76 bits per heavy atom. The second kappa shape index (κ2) is 6.38. The number of carbonyl (C=O) groups is 1. The van der Waals surface area contributed by atoms with Gasteiger partial charge in [-0.3, -0.25) is 9.69 Å². The summed E-state index contributed by atoms with van der Waals surface area (Å²) in [7, 11) is 0. The van der Waals surface area contributed by atoms with Gasteiger partial charge in [-0.25, -0.2) is 9.50 Å². The van der Waals surface area contributed by atoms with Crippen molar-refractivity contribution in [3.05, 3.63) is 28.7 Å². The number of aryl methyl sites for hydroxylation is 3. The van der Waals surface area contributed by atoms with Gasteiger partial charge in [-0.05, 0) is 52.8 Å². The Morgan fingerprint density at radius 1 is 1.24 bits per heavy atom. The first-order valence-corrected chi connectivity index (χ1v) is 9.01. The van der Waals surface area contributed by atoms with Gasteiger partial charge in [0.1, 0.15) is 5.56 Å². The van der Waals surface area contributed by atoms with Crippen LogP contribution in [-0.2, 0) is 4.74 Å². The highest BCUT2D eigenvalue weighted by Crippen LogP contribution is 2.21. The molecule has 2 atom stereocenters. The van der Waals surface area contributed by atoms with Crippen molar-refractivity contribution in [3.63, 3.8) is 0 Å². The number of nitrogens with one attached hydrogen (secondary N) is 1. The van der Waals surface area contributed by atoms with Crippen molar-refractivity contribution in [3.8, 4) is 0 Å². The number of amides is 1. The van der Waals surface area contributed by atoms with E-state index in [1.807, 2.05) is 26.8 Å². The molecule has 1 N–H and O–H groups in total. The van der Waals surface area contributed by atoms with Gasteiger partial charge in [-0.2, -0.15) is 5.10 Å². The minimum atomic E-state index is -0.107. The minimum Gasteiger partial charge on any atom is -0.378 e. The van der Waals surface area contributed by atoms with E-state index >= 15 is 0 Å². The van der Waals surface area contributed by atoms with Crippen molar-refractivity contribution >= 4 is 11.6 Å². The third-order valence-electron chi connectivity index (χ3n) is 5.27. The maximum atomic E-state index is 13.0. The first kappa shape index (κ1) is 16.5. The number of rotatable bonds is 3. The molecule has 0 aliphatic carbocycles. The van der Waals surface area contributed by atoms with Crippen molar-refractivity contribution in [1.82, 2.24) is 24.8 Å². The first-order chi connectivity index (χ1) is 12.0. The summed E-state index contributed by atoms with van der Waals surface area (Å²) in [6, 6.07) is 2.26. The van der Waals surface area contributed by atoms with Crippen LogP contribution < -0.4 is 5.32 Å². The number of hydrogen-bond acceptors (Lipinski definition) is 5. The zero-order valence-corrected chi connectivity index (χ0v) is 15.1. The Balaban J connectivity index is 1.61. The number of ether oxygens (including phenoxy) is 1. The van der Waals surface area contributed by atoms with Crippen LogP contribution in [0.1, 0.15) is 40.3 Å². The summed E-state index contributed by atoms with van der Waals surface area (Å²) in [4.78, 5) is 20.0. The van der Waals surface area contributed by atoms with E-state index < -0.39 is 0 Å². The number of hydrogen-bond donors (Lipinski definition) is 1. The molecule has 0 saturated carbocycles. The molecule has 0 radical (unpaired) electrons. The van der Waals surface area contributed by atoms with Crippen LogP contribution in [0.25, 0.3) is 5.65 Å². The van der Waals surface area contributed by atoms with Crippen molar-refractivity contribution < 1.29 is 9.53 Å². The van der Waals surface area contributed by atoms with Gasteiger partial charge in [0.2, 0.25) is 0 Å². The highest BCUT2D eigenvalue weighted by molar-refractivity contribution is 6.01. The van der Waals surface area contributed by atoms with E-state index in [4.69, 9.17) is 4.74 Å². The molecule has 25 heavy (non-hydrogen) atoms. The summed E-state index contributed by atoms with van der Waals surface area (Å²) in [6.07, 6.45) is 2.46. The number of likely N-dealkylation sites (tertiary alicyclic amines) is 1. The zero-order chi connectivity index (χ0) is 17.6. The van der Waals surface area contributed by atoms with Crippen LogP contribution in [0.2, 0.25) is 0 Å². The molecule has 134 valence electrons. The Kier molecular flexibility index (Phi) is 4.21. The maximum absolute atomic E-state index is 13.0. The van der Waals surface area contributed by atoms with Crippen LogP contribution in [0.5, 0.6) is 0 Å². The summed E-state index contributed by atoms with van der Waals surface area (Å²) in [5.74, 6) is -0.107. The number of nitrogens with zero attached hydrogens (tertiary/aromatic N) is 4. The molecule has 0 aromatic carbocycles. The lowest BCUT2D eigenvalue weighted by Crippen LogP contribution is -2.50. The molecule has 2 saturated heterocycles. The third kappa shape index (κ3) is 2.91. The van der Waals surface area contributed by atoms with Crippen LogP contribution in [0, 0.1) is 20.8 Å². The second-order valence-electron chi connectivity index (χ2n) is 7.16. The highest BCUT2D eigenvalue weighted by atomic mass is 16.5. The van der Waals surface area contributed by atoms with Crippen LogP contribution in [0.4, 0.5) is 0 Å². The molecular weight excluding hydrogens is 318 g/mol. The van der Waals surface area contributed by atoms with E-state index in [2.05, 4.69) is 20.3 Å². The lowest BCUT2D eigenvalue weighted by Gasteiger charge is -2.27. The second-order valence-corrected chi connectivity index (χ2v) is 7.16. The minimum absolute atomic E-state index is 0.0193. The maximum Gasteiger partial charge on any atom is 0.257 e. The fourth-order valence-electron chi connectivity index (χ4n) is 4.05. The van der Waals surface area contributed by atoms with Gasteiger partial charge < -0.3 is 10.1 Å². The van der Waals surface area contributed by atoms with Gasteiger partial charge in [0.25, 0.3) is 5.91 Å². The molecule has 0 spiro atoms. The predicted molar refractivity (Wildman–Crippen MR) is 93.9 cm³/mol. The normalized spacial score (nSPS) is 24.3. The highest BCUT2D eigenvalue weighted by Gasteiger charge is 2.36. The van der Waals surface area contributed by atoms with E-state index in [-0.39, 0.29) is 18.0 Å². The van der Waals surface area contributed by atoms with E-state index in [1.54, 1.807) is 4.52 Å².